The van der Waals surface area contributed by atoms with E-state index >= 15 is 0 Å². The number of nitrogens with one attached hydrogen (secondary N) is 2. The summed E-state index contributed by atoms with van der Waals surface area (Å²) in [4.78, 5) is 37.4. The van der Waals surface area contributed by atoms with E-state index in [9.17, 15) is 24.6 Å². The first-order valence-corrected chi connectivity index (χ1v) is 6.76. The molecule has 2 atom stereocenters. The maximum absolute atomic E-state index is 11.8. The van der Waals surface area contributed by atoms with Gasteiger partial charge in [0.1, 0.15) is 23.6 Å². The summed E-state index contributed by atoms with van der Waals surface area (Å²) in [6.07, 6.45) is -0.0465. The summed E-state index contributed by atoms with van der Waals surface area (Å²) >= 11 is 0. The van der Waals surface area contributed by atoms with Crippen LogP contribution in [-0.2, 0) is 14.4 Å². The molecular formula is C15H16N2O5. The second kappa shape index (κ2) is 6.30. The van der Waals surface area contributed by atoms with E-state index in [0.717, 1.165) is 10.9 Å². The van der Waals surface area contributed by atoms with Crippen molar-refractivity contribution in [3.05, 3.63) is 30.3 Å². The second-order valence-corrected chi connectivity index (χ2v) is 4.87. The molecule has 2 aromatic rings. The van der Waals surface area contributed by atoms with Crippen LogP contribution in [0.15, 0.2) is 30.3 Å². The number of rotatable bonds is 7. The van der Waals surface area contributed by atoms with E-state index in [0.29, 0.717) is 5.82 Å². The van der Waals surface area contributed by atoms with E-state index in [1.165, 1.54) is 6.92 Å². The van der Waals surface area contributed by atoms with Gasteiger partial charge in [-0.1, -0.05) is 25.1 Å². The minimum Gasteiger partial charge on any atom is -0.481 e. The Bertz CT molecular complexity index is 689. The molecule has 0 spiro atoms. The van der Waals surface area contributed by atoms with E-state index in [2.05, 4.69) is 10.3 Å². The standard InChI is InChI=1S/C15H16N2O5/c1-2-10(18)12(14(19)20)13(15(21)22)17-11-7-8-5-3-4-6-9(8)16-11/h3-7,12-13,16-17H,2H2,1H3,(H,19,20)(H,21,22)/t12?,13-/m0/s1. The third-order valence-electron chi connectivity index (χ3n) is 3.40. The Kier molecular flexibility index (Phi) is 4.45. The molecule has 0 bridgehead atoms. The molecule has 7 heteroatoms. The largest absolute Gasteiger partial charge is 0.481 e. The molecule has 0 saturated heterocycles. The van der Waals surface area contributed by atoms with Gasteiger partial charge in [0.25, 0.3) is 0 Å². The molecule has 1 aromatic carbocycles. The molecule has 2 rings (SSSR count). The smallest absolute Gasteiger partial charge is 0.327 e. The predicted octanol–water partition coefficient (Wildman–Crippen LogP) is 1.71. The molecule has 0 saturated carbocycles. The highest BCUT2D eigenvalue weighted by Crippen LogP contribution is 2.21. The molecule has 4 N–H and O–H groups in total. The van der Waals surface area contributed by atoms with E-state index in [-0.39, 0.29) is 6.42 Å². The average molecular weight is 304 g/mol. The molecular weight excluding hydrogens is 288 g/mol. The topological polar surface area (TPSA) is 119 Å². The van der Waals surface area contributed by atoms with Gasteiger partial charge in [0, 0.05) is 17.3 Å². The molecule has 0 aliphatic rings. The first-order valence-electron chi connectivity index (χ1n) is 6.76. The second-order valence-electron chi connectivity index (χ2n) is 4.87. The molecule has 1 heterocycles. The number of aromatic nitrogens is 1. The maximum Gasteiger partial charge on any atom is 0.327 e. The molecule has 22 heavy (non-hydrogen) atoms. The van der Waals surface area contributed by atoms with Crippen molar-refractivity contribution in [1.82, 2.24) is 4.98 Å². The van der Waals surface area contributed by atoms with Crippen molar-refractivity contribution in [2.45, 2.75) is 19.4 Å². The lowest BCUT2D eigenvalue weighted by Gasteiger charge is -2.20. The fourth-order valence-electron chi connectivity index (χ4n) is 2.29. The van der Waals surface area contributed by atoms with Gasteiger partial charge in [-0.2, -0.15) is 0 Å². The number of hydrogen-bond acceptors (Lipinski definition) is 4. The molecule has 116 valence electrons. The maximum atomic E-state index is 11.8. The van der Waals surface area contributed by atoms with E-state index in [1.54, 1.807) is 6.07 Å². The van der Waals surface area contributed by atoms with Gasteiger partial charge in [0.2, 0.25) is 0 Å². The monoisotopic (exact) mass is 304 g/mol. The summed E-state index contributed by atoms with van der Waals surface area (Å²) in [6.45, 7) is 1.50. The zero-order valence-electron chi connectivity index (χ0n) is 11.9. The molecule has 0 fully saturated rings. The number of carboxylic acids is 2. The third kappa shape index (κ3) is 3.08. The Morgan fingerprint density at radius 1 is 1.18 bits per heavy atom. The van der Waals surface area contributed by atoms with Gasteiger partial charge in [-0.15, -0.1) is 0 Å². The lowest BCUT2D eigenvalue weighted by atomic mass is 9.93. The van der Waals surface area contributed by atoms with Crippen LogP contribution in [0, 0.1) is 5.92 Å². The number of carbonyl (C=O) groups is 3. The van der Waals surface area contributed by atoms with Crippen molar-refractivity contribution in [2.75, 3.05) is 5.32 Å². The first-order chi connectivity index (χ1) is 10.4. The predicted molar refractivity (Wildman–Crippen MR) is 79.8 cm³/mol. The molecule has 1 aromatic heterocycles. The van der Waals surface area contributed by atoms with E-state index in [1.807, 2.05) is 24.3 Å². The number of benzene rings is 1. The van der Waals surface area contributed by atoms with Gasteiger partial charge in [-0.3, -0.25) is 9.59 Å². The lowest BCUT2D eigenvalue weighted by molar-refractivity contribution is -0.153. The Labute approximate surface area is 125 Å². The average Bonchev–Trinajstić information content (AvgIpc) is 2.88. The molecule has 0 radical (unpaired) electrons. The lowest BCUT2D eigenvalue weighted by Crippen LogP contribution is -2.45. The van der Waals surface area contributed by atoms with Crippen molar-refractivity contribution in [2.24, 2.45) is 5.92 Å². The van der Waals surface area contributed by atoms with Crippen molar-refractivity contribution < 1.29 is 24.6 Å². The summed E-state index contributed by atoms with van der Waals surface area (Å²) in [6, 6.07) is 7.41. The van der Waals surface area contributed by atoms with Gasteiger partial charge in [0.05, 0.1) is 0 Å². The van der Waals surface area contributed by atoms with Gasteiger partial charge >= 0.3 is 11.9 Å². The molecule has 7 nitrogen and oxygen atoms in total. The number of para-hydroxylation sites is 1. The van der Waals surface area contributed by atoms with Gasteiger partial charge in [-0.05, 0) is 12.1 Å². The van der Waals surface area contributed by atoms with Gasteiger partial charge in [0.15, 0.2) is 0 Å². The van der Waals surface area contributed by atoms with Crippen molar-refractivity contribution in [3.63, 3.8) is 0 Å². The zero-order valence-corrected chi connectivity index (χ0v) is 11.9. The van der Waals surface area contributed by atoms with Crippen LogP contribution in [0.3, 0.4) is 0 Å². The molecule has 1 unspecified atom stereocenters. The zero-order chi connectivity index (χ0) is 16.3. The van der Waals surface area contributed by atoms with Crippen molar-refractivity contribution >= 4 is 34.4 Å². The highest BCUT2D eigenvalue weighted by Gasteiger charge is 2.38. The van der Waals surface area contributed by atoms with Crippen LogP contribution in [0.5, 0.6) is 0 Å². The van der Waals surface area contributed by atoms with Crippen LogP contribution in [0.1, 0.15) is 13.3 Å². The van der Waals surface area contributed by atoms with Crippen LogP contribution in [0.25, 0.3) is 10.9 Å². The summed E-state index contributed by atoms with van der Waals surface area (Å²) in [7, 11) is 0. The number of fused-ring (bicyclic) bond motifs is 1. The fraction of sp³-hybridized carbons (Fsp3) is 0.267. The first kappa shape index (κ1) is 15.6. The number of aromatic amines is 1. The number of anilines is 1. The number of aliphatic carboxylic acids is 2. The summed E-state index contributed by atoms with van der Waals surface area (Å²) < 4.78 is 0. The van der Waals surface area contributed by atoms with Gasteiger partial charge in [-0.25, -0.2) is 4.79 Å². The van der Waals surface area contributed by atoms with Gasteiger partial charge < -0.3 is 20.5 Å². The minimum absolute atomic E-state index is 0.0465. The van der Waals surface area contributed by atoms with E-state index in [4.69, 9.17) is 0 Å². The fourth-order valence-corrected chi connectivity index (χ4v) is 2.29. The molecule has 0 aliphatic heterocycles. The minimum atomic E-state index is -1.64. The Morgan fingerprint density at radius 2 is 1.86 bits per heavy atom. The van der Waals surface area contributed by atoms with Crippen LogP contribution >= 0.6 is 0 Å². The number of hydrogen-bond donors (Lipinski definition) is 4. The van der Waals surface area contributed by atoms with Crippen LogP contribution < -0.4 is 5.32 Å². The Balaban J connectivity index is 2.33. The number of carboxylic acid groups (broad SMARTS) is 2. The van der Waals surface area contributed by atoms with Crippen LogP contribution in [-0.4, -0.2) is 39.0 Å². The SMILES string of the molecule is CCC(=O)C(C(=O)O)[C@H](Nc1cc2ccccc2[nH]1)C(=O)O. The summed E-state index contributed by atoms with van der Waals surface area (Å²) in [5, 5.41) is 21.9. The van der Waals surface area contributed by atoms with Crippen LogP contribution in [0.4, 0.5) is 5.82 Å². The Morgan fingerprint density at radius 3 is 2.41 bits per heavy atom. The Hall–Kier alpha value is -2.83. The molecule has 0 aliphatic carbocycles. The highest BCUT2D eigenvalue weighted by molar-refractivity contribution is 6.03. The summed E-state index contributed by atoms with van der Waals surface area (Å²) in [5.74, 6) is -4.78. The highest BCUT2D eigenvalue weighted by atomic mass is 16.4. The van der Waals surface area contributed by atoms with Crippen LogP contribution in [0.2, 0.25) is 0 Å². The van der Waals surface area contributed by atoms with E-state index < -0.39 is 29.7 Å². The third-order valence-corrected chi connectivity index (χ3v) is 3.40. The normalized spacial score (nSPS) is 13.5. The quantitative estimate of drug-likeness (QED) is 0.578. The number of ketones is 1. The summed E-state index contributed by atoms with van der Waals surface area (Å²) in [5.41, 5.74) is 0.780. The number of H-pyrrole nitrogens is 1. The van der Waals surface area contributed by atoms with Crippen molar-refractivity contribution in [3.8, 4) is 0 Å². The number of Topliss-reactive ketones (excluding diaryl/α,β-unsaturated/α-hetero) is 1. The molecule has 0 amide bonds. The van der Waals surface area contributed by atoms with Crippen molar-refractivity contribution in [1.29, 1.82) is 0 Å². The number of carbonyl (C=O) groups excluding carboxylic acids is 1.